The summed E-state index contributed by atoms with van der Waals surface area (Å²) < 4.78 is 5.74. The first-order valence-corrected chi connectivity index (χ1v) is 7.71. The van der Waals surface area contributed by atoms with Crippen LogP contribution in [0.25, 0.3) is 11.0 Å². The molecule has 1 atom stereocenters. The van der Waals surface area contributed by atoms with Crippen LogP contribution in [0.2, 0.25) is 0 Å². The number of benzene rings is 1. The molecule has 3 rings (SSSR count). The molecule has 2 aromatic heterocycles. The van der Waals surface area contributed by atoms with E-state index < -0.39 is 0 Å². The molecule has 6 nitrogen and oxygen atoms in total. The van der Waals surface area contributed by atoms with Crippen molar-refractivity contribution in [2.45, 2.75) is 32.2 Å². The largest absolute Gasteiger partial charge is 0.504 e. The summed E-state index contributed by atoms with van der Waals surface area (Å²) in [6, 6.07) is 8.97. The fraction of sp³-hybridized carbons (Fsp3) is 0.294. The van der Waals surface area contributed by atoms with Gasteiger partial charge in [0.2, 0.25) is 5.88 Å². The standard InChI is InChI=1S/C17H20N4O2/c1-2-11(18)7-8-12-9-13-16(21-12)19-10-20-17(13)23-15-6-4-3-5-14(15)22/h3-6,9-11,22H,2,7-8,18H2,1H3,(H,19,20,21). The molecular weight excluding hydrogens is 292 g/mol. The van der Waals surface area contributed by atoms with Crippen molar-refractivity contribution in [1.82, 2.24) is 15.0 Å². The second-order valence-corrected chi connectivity index (χ2v) is 5.51. The van der Waals surface area contributed by atoms with E-state index in [0.717, 1.165) is 30.3 Å². The van der Waals surface area contributed by atoms with Gasteiger partial charge in [-0.3, -0.25) is 0 Å². The Hall–Kier alpha value is -2.60. The average Bonchev–Trinajstić information content (AvgIpc) is 2.99. The molecule has 0 spiro atoms. The van der Waals surface area contributed by atoms with E-state index in [1.54, 1.807) is 24.3 Å². The van der Waals surface area contributed by atoms with Gasteiger partial charge in [-0.15, -0.1) is 0 Å². The van der Waals surface area contributed by atoms with E-state index in [1.165, 1.54) is 6.33 Å². The summed E-state index contributed by atoms with van der Waals surface area (Å²) in [6.45, 7) is 2.08. The van der Waals surface area contributed by atoms with Crippen LogP contribution < -0.4 is 10.5 Å². The number of fused-ring (bicyclic) bond motifs is 1. The van der Waals surface area contributed by atoms with Crippen molar-refractivity contribution in [2.24, 2.45) is 5.73 Å². The number of H-pyrrole nitrogens is 1. The van der Waals surface area contributed by atoms with Gasteiger partial charge in [0, 0.05) is 11.7 Å². The van der Waals surface area contributed by atoms with Crippen LogP contribution in [0.1, 0.15) is 25.5 Å². The fourth-order valence-corrected chi connectivity index (χ4v) is 2.38. The van der Waals surface area contributed by atoms with Crippen LogP contribution in [0.15, 0.2) is 36.7 Å². The number of aromatic hydroxyl groups is 1. The molecule has 0 saturated carbocycles. The van der Waals surface area contributed by atoms with Crippen molar-refractivity contribution in [3.8, 4) is 17.4 Å². The number of aryl methyl sites for hydroxylation is 1. The van der Waals surface area contributed by atoms with Gasteiger partial charge in [0.1, 0.15) is 12.0 Å². The van der Waals surface area contributed by atoms with Gasteiger partial charge in [0.25, 0.3) is 0 Å². The van der Waals surface area contributed by atoms with Crippen LogP contribution in [0, 0.1) is 0 Å². The Morgan fingerprint density at radius 1 is 1.30 bits per heavy atom. The van der Waals surface area contributed by atoms with Crippen molar-refractivity contribution >= 4 is 11.0 Å². The Labute approximate surface area is 134 Å². The lowest BCUT2D eigenvalue weighted by Gasteiger charge is -2.06. The normalized spacial score (nSPS) is 12.4. The Morgan fingerprint density at radius 3 is 2.91 bits per heavy atom. The molecule has 0 aliphatic carbocycles. The maximum Gasteiger partial charge on any atom is 0.232 e. The molecule has 0 radical (unpaired) electrons. The summed E-state index contributed by atoms with van der Waals surface area (Å²) in [5, 5.41) is 10.6. The number of para-hydroxylation sites is 2. The van der Waals surface area contributed by atoms with E-state index in [-0.39, 0.29) is 11.8 Å². The number of nitrogens with zero attached hydrogens (tertiary/aromatic N) is 2. The zero-order valence-electron chi connectivity index (χ0n) is 13.0. The maximum atomic E-state index is 9.83. The molecule has 0 bridgehead atoms. The van der Waals surface area contributed by atoms with E-state index in [9.17, 15) is 5.11 Å². The van der Waals surface area contributed by atoms with E-state index in [0.29, 0.717) is 17.3 Å². The van der Waals surface area contributed by atoms with Crippen molar-refractivity contribution in [1.29, 1.82) is 0 Å². The van der Waals surface area contributed by atoms with E-state index >= 15 is 0 Å². The summed E-state index contributed by atoms with van der Waals surface area (Å²) in [4.78, 5) is 11.7. The Kier molecular flexibility index (Phi) is 4.43. The first kappa shape index (κ1) is 15.3. The highest BCUT2D eigenvalue weighted by Crippen LogP contribution is 2.32. The quantitative estimate of drug-likeness (QED) is 0.649. The number of hydrogen-bond donors (Lipinski definition) is 3. The number of aromatic nitrogens is 3. The van der Waals surface area contributed by atoms with Crippen molar-refractivity contribution < 1.29 is 9.84 Å². The molecule has 0 fully saturated rings. The van der Waals surface area contributed by atoms with Gasteiger partial charge in [-0.2, -0.15) is 0 Å². The van der Waals surface area contributed by atoms with Gasteiger partial charge in [-0.1, -0.05) is 19.1 Å². The summed E-state index contributed by atoms with van der Waals surface area (Å²) in [5.41, 5.74) is 7.73. The minimum Gasteiger partial charge on any atom is -0.504 e. The SMILES string of the molecule is CCC(N)CCc1cc2c(Oc3ccccc3O)ncnc2[nH]1. The molecular formula is C17H20N4O2. The molecule has 0 aliphatic heterocycles. The third kappa shape index (κ3) is 3.43. The first-order valence-electron chi connectivity index (χ1n) is 7.71. The van der Waals surface area contributed by atoms with Gasteiger partial charge < -0.3 is 20.6 Å². The average molecular weight is 312 g/mol. The molecule has 1 unspecified atom stereocenters. The number of aromatic amines is 1. The van der Waals surface area contributed by atoms with Gasteiger partial charge in [-0.25, -0.2) is 9.97 Å². The zero-order chi connectivity index (χ0) is 16.2. The molecule has 1 aromatic carbocycles. The van der Waals surface area contributed by atoms with Gasteiger partial charge in [0.15, 0.2) is 11.5 Å². The van der Waals surface area contributed by atoms with Crippen LogP contribution in [0.4, 0.5) is 0 Å². The number of phenols is 1. The van der Waals surface area contributed by atoms with E-state index in [4.69, 9.17) is 10.5 Å². The molecule has 23 heavy (non-hydrogen) atoms. The highest BCUT2D eigenvalue weighted by Gasteiger charge is 2.12. The van der Waals surface area contributed by atoms with Gasteiger partial charge in [0.05, 0.1) is 5.39 Å². The molecule has 3 aromatic rings. The second-order valence-electron chi connectivity index (χ2n) is 5.51. The van der Waals surface area contributed by atoms with Crippen LogP contribution in [-0.2, 0) is 6.42 Å². The minimum atomic E-state index is 0.0731. The summed E-state index contributed by atoms with van der Waals surface area (Å²) >= 11 is 0. The molecule has 0 aliphatic rings. The van der Waals surface area contributed by atoms with Crippen molar-refractivity contribution in [2.75, 3.05) is 0 Å². The van der Waals surface area contributed by atoms with Gasteiger partial charge in [-0.05, 0) is 37.5 Å². The fourth-order valence-electron chi connectivity index (χ4n) is 2.38. The van der Waals surface area contributed by atoms with Crippen molar-refractivity contribution in [3.05, 3.63) is 42.4 Å². The number of phenolic OH excluding ortho intramolecular Hbond substituents is 1. The molecule has 0 saturated heterocycles. The Balaban J connectivity index is 1.86. The van der Waals surface area contributed by atoms with E-state index in [1.807, 2.05) is 6.07 Å². The highest BCUT2D eigenvalue weighted by molar-refractivity contribution is 5.82. The first-order chi connectivity index (χ1) is 11.2. The van der Waals surface area contributed by atoms with E-state index in [2.05, 4.69) is 21.9 Å². The molecule has 6 heteroatoms. The second kappa shape index (κ2) is 6.66. The lowest BCUT2D eigenvalue weighted by Crippen LogP contribution is -2.19. The summed E-state index contributed by atoms with van der Waals surface area (Å²) in [5.74, 6) is 0.853. The topological polar surface area (TPSA) is 97.1 Å². The number of nitrogens with two attached hydrogens (primary N) is 1. The zero-order valence-corrected chi connectivity index (χ0v) is 13.0. The monoisotopic (exact) mass is 312 g/mol. The molecule has 4 N–H and O–H groups in total. The van der Waals surface area contributed by atoms with Crippen LogP contribution in [0.5, 0.6) is 17.4 Å². The smallest absolute Gasteiger partial charge is 0.232 e. The Bertz CT molecular complexity index is 800. The lowest BCUT2D eigenvalue weighted by molar-refractivity contribution is 0.405. The molecule has 120 valence electrons. The van der Waals surface area contributed by atoms with Crippen LogP contribution in [-0.4, -0.2) is 26.1 Å². The highest BCUT2D eigenvalue weighted by atomic mass is 16.5. The minimum absolute atomic E-state index is 0.0731. The molecule has 2 heterocycles. The third-order valence-electron chi connectivity index (χ3n) is 3.83. The number of rotatable bonds is 6. The van der Waals surface area contributed by atoms with Gasteiger partial charge >= 0.3 is 0 Å². The summed E-state index contributed by atoms with van der Waals surface area (Å²) in [7, 11) is 0. The predicted molar refractivity (Wildman–Crippen MR) is 88.7 cm³/mol. The number of nitrogens with one attached hydrogen (secondary N) is 1. The predicted octanol–water partition coefficient (Wildman–Crippen LogP) is 3.13. The van der Waals surface area contributed by atoms with Crippen LogP contribution >= 0.6 is 0 Å². The third-order valence-corrected chi connectivity index (χ3v) is 3.83. The maximum absolute atomic E-state index is 9.83. The summed E-state index contributed by atoms with van der Waals surface area (Å²) in [6.07, 6.45) is 4.16. The number of ether oxygens (including phenoxy) is 1. The molecule has 0 amide bonds. The number of hydrogen-bond acceptors (Lipinski definition) is 5. The van der Waals surface area contributed by atoms with Crippen molar-refractivity contribution in [3.63, 3.8) is 0 Å². The van der Waals surface area contributed by atoms with Crippen LogP contribution in [0.3, 0.4) is 0 Å². The lowest BCUT2D eigenvalue weighted by atomic mass is 10.1. The Morgan fingerprint density at radius 2 is 2.13 bits per heavy atom.